The first-order valence-corrected chi connectivity index (χ1v) is 7.28. The predicted octanol–water partition coefficient (Wildman–Crippen LogP) is 3.98. The van der Waals surface area contributed by atoms with Crippen molar-refractivity contribution in [3.05, 3.63) is 65.5 Å². The van der Waals surface area contributed by atoms with Gasteiger partial charge in [0, 0.05) is 5.75 Å². The lowest BCUT2D eigenvalue weighted by molar-refractivity contribution is -0.113. The lowest BCUT2D eigenvalue weighted by atomic mass is 10.2. The minimum atomic E-state index is -0.913. The highest BCUT2D eigenvalue weighted by Crippen LogP contribution is 2.17. The van der Waals surface area contributed by atoms with Crippen LogP contribution in [0.15, 0.2) is 42.5 Å². The summed E-state index contributed by atoms with van der Waals surface area (Å²) >= 11 is 1.23. The van der Waals surface area contributed by atoms with Crippen molar-refractivity contribution in [3.63, 3.8) is 0 Å². The third-order valence-corrected chi connectivity index (χ3v) is 3.64. The molecule has 0 atom stereocenters. The molecule has 0 aromatic heterocycles. The van der Waals surface area contributed by atoms with E-state index in [0.717, 1.165) is 12.1 Å². The molecule has 0 bridgehead atoms. The molecule has 1 amide bonds. The van der Waals surface area contributed by atoms with Gasteiger partial charge in [0.25, 0.3) is 0 Å². The van der Waals surface area contributed by atoms with Crippen molar-refractivity contribution in [2.45, 2.75) is 5.75 Å². The standard InChI is InChI=1S/C15H12F3NOS/c16-11-6-5-10(7-13(11)18)8-21-9-15(20)19-14-4-2-1-3-12(14)17/h1-7H,8-9H2,(H,19,20). The van der Waals surface area contributed by atoms with Crippen LogP contribution < -0.4 is 5.32 Å². The highest BCUT2D eigenvalue weighted by Gasteiger charge is 2.07. The summed E-state index contributed by atoms with van der Waals surface area (Å²) in [6.45, 7) is 0. The second kappa shape index (κ2) is 7.17. The molecule has 0 saturated heterocycles. The Kier molecular flexibility index (Phi) is 5.27. The first-order chi connectivity index (χ1) is 10.1. The van der Waals surface area contributed by atoms with E-state index in [1.54, 1.807) is 6.07 Å². The summed E-state index contributed by atoms with van der Waals surface area (Å²) in [6.07, 6.45) is 0. The second-order valence-electron chi connectivity index (χ2n) is 4.27. The zero-order valence-corrected chi connectivity index (χ0v) is 11.7. The molecule has 0 unspecified atom stereocenters. The van der Waals surface area contributed by atoms with Gasteiger partial charge in [0.05, 0.1) is 11.4 Å². The Balaban J connectivity index is 1.82. The molecular formula is C15H12F3NOS. The number of para-hydroxylation sites is 1. The molecule has 0 heterocycles. The number of halogens is 3. The van der Waals surface area contributed by atoms with Gasteiger partial charge in [0.2, 0.25) is 5.91 Å². The molecule has 0 saturated carbocycles. The molecule has 0 spiro atoms. The summed E-state index contributed by atoms with van der Waals surface area (Å²) < 4.78 is 39.1. The van der Waals surface area contributed by atoms with Gasteiger partial charge < -0.3 is 5.32 Å². The quantitative estimate of drug-likeness (QED) is 0.905. The van der Waals surface area contributed by atoms with Crippen molar-refractivity contribution in [1.29, 1.82) is 0 Å². The molecule has 21 heavy (non-hydrogen) atoms. The van der Waals surface area contributed by atoms with Gasteiger partial charge in [-0.25, -0.2) is 13.2 Å². The monoisotopic (exact) mass is 311 g/mol. The second-order valence-corrected chi connectivity index (χ2v) is 5.25. The van der Waals surface area contributed by atoms with Crippen LogP contribution >= 0.6 is 11.8 Å². The van der Waals surface area contributed by atoms with Crippen LogP contribution in [0.5, 0.6) is 0 Å². The maximum atomic E-state index is 13.3. The van der Waals surface area contributed by atoms with Crippen LogP contribution in [-0.2, 0) is 10.5 Å². The lowest BCUT2D eigenvalue weighted by Gasteiger charge is -2.06. The zero-order chi connectivity index (χ0) is 15.2. The number of hydrogen-bond acceptors (Lipinski definition) is 2. The summed E-state index contributed by atoms with van der Waals surface area (Å²) in [7, 11) is 0. The van der Waals surface area contributed by atoms with Gasteiger partial charge in [0.15, 0.2) is 11.6 Å². The van der Waals surface area contributed by atoms with Gasteiger partial charge in [0.1, 0.15) is 5.82 Å². The van der Waals surface area contributed by atoms with E-state index in [1.165, 1.54) is 36.0 Å². The van der Waals surface area contributed by atoms with Gasteiger partial charge in [-0.05, 0) is 29.8 Å². The Labute approximate surface area is 124 Å². The van der Waals surface area contributed by atoms with E-state index >= 15 is 0 Å². The van der Waals surface area contributed by atoms with Crippen molar-refractivity contribution in [2.24, 2.45) is 0 Å². The molecule has 110 valence electrons. The average molecular weight is 311 g/mol. The first-order valence-electron chi connectivity index (χ1n) is 6.12. The lowest BCUT2D eigenvalue weighted by Crippen LogP contribution is -2.15. The van der Waals surface area contributed by atoms with Crippen molar-refractivity contribution in [3.8, 4) is 0 Å². The smallest absolute Gasteiger partial charge is 0.234 e. The predicted molar refractivity (Wildman–Crippen MR) is 77.5 cm³/mol. The van der Waals surface area contributed by atoms with Crippen molar-refractivity contribution in [2.75, 3.05) is 11.1 Å². The molecular weight excluding hydrogens is 299 g/mol. The van der Waals surface area contributed by atoms with E-state index < -0.39 is 17.5 Å². The normalized spacial score (nSPS) is 10.4. The number of anilines is 1. The molecule has 0 fully saturated rings. The first kappa shape index (κ1) is 15.4. The van der Waals surface area contributed by atoms with Crippen molar-refractivity contribution in [1.82, 2.24) is 0 Å². The maximum Gasteiger partial charge on any atom is 0.234 e. The number of amides is 1. The average Bonchev–Trinajstić information content (AvgIpc) is 2.45. The SMILES string of the molecule is O=C(CSCc1ccc(F)c(F)c1)Nc1ccccc1F. The van der Waals surface area contributed by atoms with Crippen LogP contribution in [0.4, 0.5) is 18.9 Å². The van der Waals surface area contributed by atoms with Crippen LogP contribution in [0.1, 0.15) is 5.56 Å². The number of nitrogens with one attached hydrogen (secondary N) is 1. The van der Waals surface area contributed by atoms with Gasteiger partial charge in [-0.15, -0.1) is 11.8 Å². The molecule has 0 aliphatic heterocycles. The van der Waals surface area contributed by atoms with Crippen LogP contribution in [0.25, 0.3) is 0 Å². The van der Waals surface area contributed by atoms with E-state index in [4.69, 9.17) is 0 Å². The summed E-state index contributed by atoms with van der Waals surface area (Å²) in [5.74, 6) is -2.22. The number of thioether (sulfide) groups is 1. The fraction of sp³-hybridized carbons (Fsp3) is 0.133. The van der Waals surface area contributed by atoms with E-state index in [-0.39, 0.29) is 17.3 Å². The fourth-order valence-corrected chi connectivity index (χ4v) is 2.41. The minimum absolute atomic E-state index is 0.0906. The topological polar surface area (TPSA) is 29.1 Å². The molecule has 2 aromatic carbocycles. The molecule has 2 nitrogen and oxygen atoms in total. The van der Waals surface area contributed by atoms with Crippen LogP contribution in [-0.4, -0.2) is 11.7 Å². The zero-order valence-electron chi connectivity index (χ0n) is 10.9. The molecule has 0 radical (unpaired) electrons. The van der Waals surface area contributed by atoms with Crippen LogP contribution in [0.2, 0.25) is 0 Å². The third-order valence-electron chi connectivity index (χ3n) is 2.63. The van der Waals surface area contributed by atoms with Crippen molar-refractivity contribution >= 4 is 23.4 Å². The van der Waals surface area contributed by atoms with E-state index in [9.17, 15) is 18.0 Å². The summed E-state index contributed by atoms with van der Waals surface area (Å²) in [5, 5.41) is 2.45. The summed E-state index contributed by atoms with van der Waals surface area (Å²) in [4.78, 5) is 11.6. The largest absolute Gasteiger partial charge is 0.323 e. The number of benzene rings is 2. The number of carbonyl (C=O) groups is 1. The molecule has 2 aromatic rings. The Hall–Kier alpha value is -1.95. The third kappa shape index (κ3) is 4.53. The maximum absolute atomic E-state index is 13.3. The van der Waals surface area contributed by atoms with Gasteiger partial charge in [-0.1, -0.05) is 18.2 Å². The number of carbonyl (C=O) groups excluding carboxylic acids is 1. The van der Waals surface area contributed by atoms with Gasteiger partial charge in [-0.3, -0.25) is 4.79 Å². The van der Waals surface area contributed by atoms with Gasteiger partial charge >= 0.3 is 0 Å². The molecule has 6 heteroatoms. The van der Waals surface area contributed by atoms with E-state index in [0.29, 0.717) is 11.3 Å². The van der Waals surface area contributed by atoms with Crippen molar-refractivity contribution < 1.29 is 18.0 Å². The molecule has 1 N–H and O–H groups in total. The Morgan fingerprint density at radius 2 is 1.76 bits per heavy atom. The number of rotatable bonds is 5. The fourth-order valence-electron chi connectivity index (χ4n) is 1.64. The molecule has 0 aliphatic carbocycles. The minimum Gasteiger partial charge on any atom is -0.323 e. The van der Waals surface area contributed by atoms with Crippen LogP contribution in [0, 0.1) is 17.5 Å². The highest BCUT2D eigenvalue weighted by atomic mass is 32.2. The Morgan fingerprint density at radius 1 is 1.00 bits per heavy atom. The summed E-state index contributed by atoms with van der Waals surface area (Å²) in [6, 6.07) is 9.47. The van der Waals surface area contributed by atoms with Gasteiger partial charge in [-0.2, -0.15) is 0 Å². The Bertz CT molecular complexity index is 649. The van der Waals surface area contributed by atoms with Crippen LogP contribution in [0.3, 0.4) is 0 Å². The Morgan fingerprint density at radius 3 is 2.48 bits per heavy atom. The highest BCUT2D eigenvalue weighted by molar-refractivity contribution is 7.99. The molecule has 2 rings (SSSR count). The molecule has 0 aliphatic rings. The van der Waals surface area contributed by atoms with E-state index in [2.05, 4.69) is 5.32 Å². The number of hydrogen-bond donors (Lipinski definition) is 1. The summed E-state index contributed by atoms with van der Waals surface area (Å²) in [5.41, 5.74) is 0.702. The van der Waals surface area contributed by atoms with E-state index in [1.807, 2.05) is 0 Å².